The van der Waals surface area contributed by atoms with Crippen molar-refractivity contribution in [3.8, 4) is 0 Å². The Bertz CT molecular complexity index is 728. The third-order valence-electron chi connectivity index (χ3n) is 5.22. The highest BCUT2D eigenvalue weighted by atomic mass is 35.5. The Morgan fingerprint density at radius 2 is 2.20 bits per heavy atom. The molecule has 0 unspecified atom stereocenters. The molecule has 5 nitrogen and oxygen atoms in total. The number of carbonyl (C=O) groups is 1. The number of halogens is 1. The zero-order valence-electron chi connectivity index (χ0n) is 14.0. The predicted molar refractivity (Wildman–Crippen MR) is 95.2 cm³/mol. The molecule has 0 bridgehead atoms. The molecule has 1 aromatic carbocycles. The number of amides is 1. The van der Waals surface area contributed by atoms with Crippen molar-refractivity contribution in [3.05, 3.63) is 52.8 Å². The van der Waals surface area contributed by atoms with Crippen molar-refractivity contribution >= 4 is 17.5 Å². The average molecular weight is 360 g/mol. The van der Waals surface area contributed by atoms with Gasteiger partial charge in [-0.25, -0.2) is 0 Å². The summed E-state index contributed by atoms with van der Waals surface area (Å²) in [5, 5.41) is 7.62. The van der Waals surface area contributed by atoms with Gasteiger partial charge in [0, 0.05) is 36.5 Å². The number of benzene rings is 1. The fraction of sp³-hybridized carbons (Fsp3) is 0.474. The Morgan fingerprint density at radius 1 is 1.36 bits per heavy atom. The molecule has 4 rings (SSSR count). The lowest BCUT2D eigenvalue weighted by atomic mass is 9.86. The van der Waals surface area contributed by atoms with Gasteiger partial charge >= 0.3 is 0 Å². The van der Waals surface area contributed by atoms with Crippen LogP contribution in [0.5, 0.6) is 0 Å². The first-order valence-electron chi connectivity index (χ1n) is 8.85. The molecule has 1 amide bonds. The van der Waals surface area contributed by atoms with Crippen LogP contribution in [0.15, 0.2) is 36.7 Å². The third kappa shape index (κ3) is 3.44. The van der Waals surface area contributed by atoms with Gasteiger partial charge in [0.1, 0.15) is 0 Å². The van der Waals surface area contributed by atoms with Crippen LogP contribution in [0, 0.1) is 11.8 Å². The summed E-state index contributed by atoms with van der Waals surface area (Å²) in [6.07, 6.45) is 6.14. The average Bonchev–Trinajstić information content (AvgIpc) is 3.13. The summed E-state index contributed by atoms with van der Waals surface area (Å²) >= 11 is 6.24. The van der Waals surface area contributed by atoms with Gasteiger partial charge in [0.25, 0.3) is 0 Å². The van der Waals surface area contributed by atoms with E-state index < -0.39 is 0 Å². The summed E-state index contributed by atoms with van der Waals surface area (Å²) < 4.78 is 5.89. The first-order chi connectivity index (χ1) is 12.2. The van der Waals surface area contributed by atoms with Crippen LogP contribution in [-0.4, -0.2) is 40.7 Å². The van der Waals surface area contributed by atoms with Crippen LogP contribution in [0.25, 0.3) is 0 Å². The van der Waals surface area contributed by atoms with Crippen molar-refractivity contribution in [3.63, 3.8) is 0 Å². The van der Waals surface area contributed by atoms with E-state index in [9.17, 15) is 4.79 Å². The normalized spacial score (nSPS) is 24.1. The van der Waals surface area contributed by atoms with Crippen LogP contribution in [0.3, 0.4) is 0 Å². The van der Waals surface area contributed by atoms with Gasteiger partial charge in [-0.3, -0.25) is 9.89 Å². The second kappa shape index (κ2) is 7.18. The number of carbonyl (C=O) groups excluding carboxylic acids is 1. The molecule has 0 spiro atoms. The maximum absolute atomic E-state index is 12.9. The van der Waals surface area contributed by atoms with Gasteiger partial charge in [0.05, 0.1) is 18.2 Å². The van der Waals surface area contributed by atoms with Gasteiger partial charge in [-0.2, -0.15) is 5.10 Å². The largest absolute Gasteiger partial charge is 0.373 e. The molecular weight excluding hydrogens is 338 g/mol. The monoisotopic (exact) mass is 359 g/mol. The van der Waals surface area contributed by atoms with E-state index in [-0.39, 0.29) is 17.9 Å². The number of hydrogen-bond acceptors (Lipinski definition) is 3. The molecule has 6 heteroatoms. The molecule has 132 valence electrons. The molecule has 25 heavy (non-hydrogen) atoms. The van der Waals surface area contributed by atoms with Crippen molar-refractivity contribution in [2.45, 2.75) is 25.4 Å². The highest BCUT2D eigenvalue weighted by Crippen LogP contribution is 2.36. The smallest absolute Gasteiger partial charge is 0.228 e. The number of rotatable bonds is 4. The molecule has 2 aromatic rings. The first-order valence-corrected chi connectivity index (χ1v) is 9.22. The number of hydrogen-bond donors (Lipinski definition) is 1. The third-order valence-corrected chi connectivity index (χ3v) is 5.59. The number of likely N-dealkylation sites (tertiary alicyclic amines) is 1. The van der Waals surface area contributed by atoms with Gasteiger partial charge in [-0.1, -0.05) is 29.8 Å². The van der Waals surface area contributed by atoms with Gasteiger partial charge < -0.3 is 9.64 Å². The fourth-order valence-corrected chi connectivity index (χ4v) is 4.08. The van der Waals surface area contributed by atoms with Gasteiger partial charge in [-0.15, -0.1) is 0 Å². The summed E-state index contributed by atoms with van der Waals surface area (Å²) in [4.78, 5) is 14.9. The number of nitrogens with zero attached hydrogens (tertiary/aromatic N) is 2. The predicted octanol–water partition coefficient (Wildman–Crippen LogP) is 3.23. The van der Waals surface area contributed by atoms with E-state index in [1.807, 2.05) is 29.3 Å². The van der Waals surface area contributed by atoms with Crippen molar-refractivity contribution in [2.24, 2.45) is 11.8 Å². The lowest BCUT2D eigenvalue weighted by Gasteiger charge is -2.43. The molecule has 1 N–H and O–H groups in total. The summed E-state index contributed by atoms with van der Waals surface area (Å²) in [6.45, 7) is 2.31. The molecule has 0 radical (unpaired) electrons. The molecule has 2 aliphatic rings. The van der Waals surface area contributed by atoms with Crippen molar-refractivity contribution < 1.29 is 9.53 Å². The highest BCUT2D eigenvalue weighted by molar-refractivity contribution is 6.31. The topological polar surface area (TPSA) is 58.2 Å². The second-order valence-electron chi connectivity index (χ2n) is 6.98. The van der Waals surface area contributed by atoms with Crippen LogP contribution < -0.4 is 0 Å². The Morgan fingerprint density at radius 3 is 2.96 bits per heavy atom. The van der Waals surface area contributed by atoms with Gasteiger partial charge in [0.15, 0.2) is 0 Å². The molecule has 2 atom stereocenters. The lowest BCUT2D eigenvalue weighted by molar-refractivity contribution is -0.151. The maximum Gasteiger partial charge on any atom is 0.228 e. The second-order valence-corrected chi connectivity index (χ2v) is 7.38. The maximum atomic E-state index is 12.9. The quantitative estimate of drug-likeness (QED) is 0.911. The number of nitrogens with one attached hydrogen (secondary N) is 1. The Hall–Kier alpha value is -1.85. The van der Waals surface area contributed by atoms with Crippen LogP contribution in [0.4, 0.5) is 0 Å². The van der Waals surface area contributed by atoms with E-state index >= 15 is 0 Å². The SMILES string of the molecule is O=C([C@@H]1CCCO[C@H]1c1cn[nH]c1)N1CC(Cc2ccccc2Cl)C1. The molecular formula is C19H22ClN3O2. The molecule has 2 aliphatic heterocycles. The molecule has 2 fully saturated rings. The molecule has 0 aliphatic carbocycles. The standard InChI is InChI=1S/C19H22ClN3O2/c20-17-6-2-1-4-14(17)8-13-11-23(12-13)19(24)16-5-3-7-25-18(16)15-9-21-22-10-15/h1-2,4,6,9-10,13,16,18H,3,5,7-8,11-12H2,(H,21,22)/t16-,18+/m1/s1. The van der Waals surface area contributed by atoms with Crippen LogP contribution in [0.2, 0.25) is 5.02 Å². The number of H-pyrrole nitrogens is 1. The van der Waals surface area contributed by atoms with E-state index in [4.69, 9.17) is 16.3 Å². The van der Waals surface area contributed by atoms with E-state index in [1.54, 1.807) is 6.20 Å². The minimum atomic E-state index is -0.178. The van der Waals surface area contributed by atoms with Gasteiger partial charge in [-0.05, 0) is 36.8 Å². The molecule has 0 saturated carbocycles. The van der Waals surface area contributed by atoms with E-state index in [1.165, 1.54) is 5.56 Å². The summed E-state index contributed by atoms with van der Waals surface area (Å²) in [6, 6.07) is 7.95. The minimum absolute atomic E-state index is 0.104. The molecule has 1 aromatic heterocycles. The minimum Gasteiger partial charge on any atom is -0.373 e. The molecule has 2 saturated heterocycles. The fourth-order valence-electron chi connectivity index (χ4n) is 3.87. The summed E-state index contributed by atoms with van der Waals surface area (Å²) in [5.41, 5.74) is 2.13. The number of ether oxygens (including phenoxy) is 1. The van der Waals surface area contributed by atoms with E-state index in [0.717, 1.165) is 42.9 Å². The summed E-state index contributed by atoms with van der Waals surface area (Å²) in [7, 11) is 0. The first kappa shape index (κ1) is 16.6. The highest BCUT2D eigenvalue weighted by Gasteiger charge is 2.40. The zero-order valence-corrected chi connectivity index (χ0v) is 14.8. The Balaban J connectivity index is 1.36. The van der Waals surface area contributed by atoms with Crippen LogP contribution >= 0.6 is 11.6 Å². The van der Waals surface area contributed by atoms with Crippen molar-refractivity contribution in [1.29, 1.82) is 0 Å². The number of aromatic amines is 1. The van der Waals surface area contributed by atoms with Gasteiger partial charge in [0.2, 0.25) is 5.91 Å². The summed E-state index contributed by atoms with van der Waals surface area (Å²) in [5.74, 6) is 0.592. The van der Waals surface area contributed by atoms with E-state index in [0.29, 0.717) is 12.5 Å². The van der Waals surface area contributed by atoms with Crippen LogP contribution in [0.1, 0.15) is 30.1 Å². The Kier molecular flexibility index (Phi) is 4.77. The number of aromatic nitrogens is 2. The lowest BCUT2D eigenvalue weighted by Crippen LogP contribution is -2.54. The van der Waals surface area contributed by atoms with Crippen molar-refractivity contribution in [1.82, 2.24) is 15.1 Å². The van der Waals surface area contributed by atoms with E-state index in [2.05, 4.69) is 16.3 Å². The van der Waals surface area contributed by atoms with Crippen LogP contribution in [-0.2, 0) is 16.0 Å². The molecule has 3 heterocycles. The zero-order chi connectivity index (χ0) is 17.2. The van der Waals surface area contributed by atoms with Crippen molar-refractivity contribution in [2.75, 3.05) is 19.7 Å². The Labute approximate surface area is 152 Å².